The Morgan fingerprint density at radius 2 is 0.833 bits per heavy atom. The van der Waals surface area contributed by atoms with Crippen LogP contribution in [0, 0.1) is 0 Å². The summed E-state index contributed by atoms with van der Waals surface area (Å²) in [7, 11) is 14.2. The van der Waals surface area contributed by atoms with Gasteiger partial charge in [-0.1, -0.05) is 36.4 Å². The summed E-state index contributed by atoms with van der Waals surface area (Å²) in [6.45, 7) is 0. The van der Waals surface area contributed by atoms with Gasteiger partial charge in [0.05, 0.1) is 0 Å². The maximum absolute atomic E-state index is 6.14. The SMILES string of the molecule is Nc1ccc(-c2ccc(N)cc2-c2ccc(SCl)cc2)c(-c2ccc(SCl)cc2)c1. The monoisotopic (exact) mass is 468 g/mol. The van der Waals surface area contributed by atoms with Crippen molar-refractivity contribution in [3.63, 3.8) is 0 Å². The number of benzene rings is 4. The van der Waals surface area contributed by atoms with E-state index < -0.39 is 0 Å². The molecule has 0 atom stereocenters. The van der Waals surface area contributed by atoms with Crippen LogP contribution < -0.4 is 11.5 Å². The van der Waals surface area contributed by atoms with Crippen LogP contribution in [0.15, 0.2) is 94.7 Å². The molecule has 0 fully saturated rings. The first-order valence-electron chi connectivity index (χ1n) is 9.16. The molecule has 4 N–H and O–H groups in total. The molecule has 0 bridgehead atoms. The highest BCUT2D eigenvalue weighted by molar-refractivity contribution is 8.21. The Hall–Kier alpha value is -2.24. The lowest BCUT2D eigenvalue weighted by Gasteiger charge is -2.16. The largest absolute Gasteiger partial charge is 0.399 e. The summed E-state index contributed by atoms with van der Waals surface area (Å²) in [5.74, 6) is 0. The highest BCUT2D eigenvalue weighted by atomic mass is 35.7. The van der Waals surface area contributed by atoms with E-state index in [9.17, 15) is 0 Å². The second kappa shape index (κ2) is 9.27. The van der Waals surface area contributed by atoms with Crippen molar-refractivity contribution in [1.82, 2.24) is 0 Å². The average Bonchev–Trinajstić information content (AvgIpc) is 2.79. The van der Waals surface area contributed by atoms with Crippen molar-refractivity contribution in [3.05, 3.63) is 84.9 Å². The van der Waals surface area contributed by atoms with E-state index >= 15 is 0 Å². The van der Waals surface area contributed by atoms with Crippen LogP contribution in [0.5, 0.6) is 0 Å². The van der Waals surface area contributed by atoms with Gasteiger partial charge in [-0.3, -0.25) is 0 Å². The molecule has 0 aliphatic heterocycles. The predicted molar refractivity (Wildman–Crippen MR) is 135 cm³/mol. The van der Waals surface area contributed by atoms with Gasteiger partial charge in [-0.05, 0) is 125 Å². The Morgan fingerprint density at radius 3 is 1.17 bits per heavy atom. The molecular weight excluding hydrogens is 451 g/mol. The van der Waals surface area contributed by atoms with Crippen LogP contribution >= 0.6 is 43.3 Å². The molecule has 0 aliphatic carbocycles. The van der Waals surface area contributed by atoms with Gasteiger partial charge in [0.1, 0.15) is 0 Å². The van der Waals surface area contributed by atoms with E-state index in [1.54, 1.807) is 0 Å². The van der Waals surface area contributed by atoms with Gasteiger partial charge < -0.3 is 11.5 Å². The van der Waals surface area contributed by atoms with Gasteiger partial charge in [0.2, 0.25) is 0 Å². The third-order valence-electron chi connectivity index (χ3n) is 4.89. The second-order valence-electron chi connectivity index (χ2n) is 6.81. The molecule has 0 heterocycles. The Bertz CT molecular complexity index is 1080. The van der Waals surface area contributed by atoms with Crippen LogP contribution in [0.4, 0.5) is 11.4 Å². The molecule has 4 aromatic carbocycles. The summed E-state index contributed by atoms with van der Waals surface area (Å²) in [5.41, 5.74) is 20.1. The minimum absolute atomic E-state index is 0.713. The van der Waals surface area contributed by atoms with Crippen LogP contribution in [0.25, 0.3) is 33.4 Å². The zero-order valence-electron chi connectivity index (χ0n) is 15.8. The van der Waals surface area contributed by atoms with Crippen LogP contribution in [-0.4, -0.2) is 0 Å². The Labute approximate surface area is 193 Å². The van der Waals surface area contributed by atoms with Gasteiger partial charge >= 0.3 is 0 Å². The van der Waals surface area contributed by atoms with Crippen LogP contribution in [0.3, 0.4) is 0 Å². The maximum atomic E-state index is 6.14. The summed E-state index contributed by atoms with van der Waals surface area (Å²) in [4.78, 5) is 1.99. The first-order chi connectivity index (χ1) is 14.6. The fourth-order valence-corrected chi connectivity index (χ4v) is 4.54. The third kappa shape index (κ3) is 4.42. The maximum Gasteiger partial charge on any atom is 0.0320 e. The standard InChI is InChI=1S/C24H18Cl2N2S2/c25-29-19-7-1-15(2-8-19)23-13-17(27)5-11-21(23)22-12-6-18(28)14-24(22)16-3-9-20(30-26)10-4-16/h1-14H,27-28H2. The van der Waals surface area contributed by atoms with Gasteiger partial charge in [0.25, 0.3) is 0 Å². The lowest BCUT2D eigenvalue weighted by molar-refractivity contribution is 1.46. The van der Waals surface area contributed by atoms with Gasteiger partial charge in [0.15, 0.2) is 0 Å². The van der Waals surface area contributed by atoms with Crippen molar-refractivity contribution >= 4 is 54.7 Å². The molecule has 150 valence electrons. The molecule has 6 heteroatoms. The molecule has 0 unspecified atom stereocenters. The number of halogens is 2. The average molecular weight is 469 g/mol. The molecule has 0 aromatic heterocycles. The summed E-state index contributed by atoms with van der Waals surface area (Å²) >= 11 is 0. The third-order valence-corrected chi connectivity index (χ3v) is 6.86. The quantitative estimate of drug-likeness (QED) is 0.289. The first-order valence-corrected chi connectivity index (χ1v) is 12.4. The molecule has 0 saturated carbocycles. The molecule has 0 spiro atoms. The van der Waals surface area contributed by atoms with Gasteiger partial charge in [0, 0.05) is 21.2 Å². The van der Waals surface area contributed by atoms with Gasteiger partial charge in [-0.2, -0.15) is 0 Å². The molecule has 4 rings (SSSR count). The molecule has 0 amide bonds. The Morgan fingerprint density at radius 1 is 0.467 bits per heavy atom. The second-order valence-corrected chi connectivity index (χ2v) is 8.99. The molecule has 0 radical (unpaired) electrons. The fourth-order valence-electron chi connectivity index (χ4n) is 3.44. The lowest BCUT2D eigenvalue weighted by Crippen LogP contribution is -1.94. The van der Waals surface area contributed by atoms with Crippen molar-refractivity contribution in [2.24, 2.45) is 0 Å². The topological polar surface area (TPSA) is 52.0 Å². The lowest BCUT2D eigenvalue weighted by atomic mass is 9.89. The summed E-state index contributed by atoms with van der Waals surface area (Å²) in [6, 6.07) is 28.3. The minimum Gasteiger partial charge on any atom is -0.399 e. The van der Waals surface area contributed by atoms with Crippen molar-refractivity contribution in [1.29, 1.82) is 0 Å². The van der Waals surface area contributed by atoms with Gasteiger partial charge in [-0.25, -0.2) is 0 Å². The molecule has 0 saturated heterocycles. The highest BCUT2D eigenvalue weighted by Crippen LogP contribution is 2.41. The summed E-state index contributed by atoms with van der Waals surface area (Å²) in [5, 5.41) is 0. The predicted octanol–water partition coefficient (Wildman–Crippen LogP) is 8.34. The first kappa shape index (κ1) is 21.0. The molecule has 4 aromatic rings. The fraction of sp³-hybridized carbons (Fsp3) is 0. The van der Waals surface area contributed by atoms with Crippen molar-refractivity contribution in [2.45, 2.75) is 9.79 Å². The molecule has 2 nitrogen and oxygen atoms in total. The Kier molecular flexibility index (Phi) is 6.49. The highest BCUT2D eigenvalue weighted by Gasteiger charge is 2.14. The molecule has 30 heavy (non-hydrogen) atoms. The van der Waals surface area contributed by atoms with E-state index in [1.807, 2.05) is 48.5 Å². The number of nitrogen functional groups attached to an aromatic ring is 2. The van der Waals surface area contributed by atoms with E-state index in [1.165, 1.54) is 22.0 Å². The van der Waals surface area contributed by atoms with Crippen molar-refractivity contribution < 1.29 is 0 Å². The van der Waals surface area contributed by atoms with E-state index in [0.717, 1.165) is 43.2 Å². The van der Waals surface area contributed by atoms with Crippen molar-refractivity contribution in [3.8, 4) is 33.4 Å². The van der Waals surface area contributed by atoms with E-state index in [4.69, 9.17) is 32.8 Å². The van der Waals surface area contributed by atoms with Crippen LogP contribution in [0.1, 0.15) is 0 Å². The minimum atomic E-state index is 0.713. The van der Waals surface area contributed by atoms with E-state index in [-0.39, 0.29) is 0 Å². The summed E-state index contributed by atoms with van der Waals surface area (Å²) in [6.07, 6.45) is 0. The van der Waals surface area contributed by atoms with Crippen LogP contribution in [-0.2, 0) is 0 Å². The number of hydrogen-bond acceptors (Lipinski definition) is 4. The zero-order chi connectivity index (χ0) is 21.1. The number of hydrogen-bond donors (Lipinski definition) is 2. The van der Waals surface area contributed by atoms with E-state index in [0.29, 0.717) is 11.4 Å². The smallest absolute Gasteiger partial charge is 0.0320 e. The zero-order valence-corrected chi connectivity index (χ0v) is 19.0. The Balaban J connectivity index is 1.90. The van der Waals surface area contributed by atoms with E-state index in [2.05, 4.69) is 36.4 Å². The normalized spacial score (nSPS) is 10.9. The molecule has 0 aliphatic rings. The number of anilines is 2. The number of rotatable bonds is 5. The summed E-state index contributed by atoms with van der Waals surface area (Å²) < 4.78 is 0. The number of nitrogens with two attached hydrogens (primary N) is 2. The van der Waals surface area contributed by atoms with Crippen molar-refractivity contribution in [2.75, 3.05) is 11.5 Å². The molecular formula is C24H18Cl2N2S2. The van der Waals surface area contributed by atoms with Crippen LogP contribution in [0.2, 0.25) is 0 Å². The van der Waals surface area contributed by atoms with Gasteiger partial charge in [-0.15, -0.1) is 0 Å².